The zero-order valence-electron chi connectivity index (χ0n) is 11.1. The van der Waals surface area contributed by atoms with Crippen molar-refractivity contribution in [2.24, 2.45) is 0 Å². The van der Waals surface area contributed by atoms with Crippen LogP contribution < -0.4 is 5.32 Å². The van der Waals surface area contributed by atoms with E-state index >= 15 is 0 Å². The van der Waals surface area contributed by atoms with E-state index in [1.54, 1.807) is 12.2 Å². The molecule has 1 aliphatic rings. The van der Waals surface area contributed by atoms with Gasteiger partial charge in [-0.05, 0) is 30.7 Å². The molecule has 5 heteroatoms. The normalized spacial score (nSPS) is 17.6. The number of ether oxygens (including phenoxy) is 1. The first-order chi connectivity index (χ1) is 9.52. The lowest BCUT2D eigenvalue weighted by Gasteiger charge is -2.20. The van der Waals surface area contributed by atoms with Crippen LogP contribution in [0, 0.1) is 6.92 Å². The van der Waals surface area contributed by atoms with Crippen LogP contribution in [0.1, 0.15) is 5.56 Å². The van der Waals surface area contributed by atoms with Crippen molar-refractivity contribution in [3.8, 4) is 0 Å². The third-order valence-electron chi connectivity index (χ3n) is 3.00. The summed E-state index contributed by atoms with van der Waals surface area (Å²) in [6, 6.07) is 5.59. The number of nitrogens with one attached hydrogen (secondary N) is 1. The maximum absolute atomic E-state index is 11.4. The van der Waals surface area contributed by atoms with Crippen molar-refractivity contribution in [3.05, 3.63) is 52.6 Å². The van der Waals surface area contributed by atoms with E-state index in [1.165, 1.54) is 7.11 Å². The van der Waals surface area contributed by atoms with E-state index in [9.17, 15) is 4.79 Å². The number of thiocarbonyl (C=S) groups is 1. The number of carbonyl (C=O) groups excluding carboxylic acids is 1. The molecule has 2 rings (SSSR count). The lowest BCUT2D eigenvalue weighted by Crippen LogP contribution is -2.28. The first-order valence-electron chi connectivity index (χ1n) is 6.06. The molecule has 1 N–H and O–H groups in total. The molecular formula is C15H14ClNO2S. The third-order valence-corrected chi connectivity index (χ3v) is 3.87. The third kappa shape index (κ3) is 3.08. The van der Waals surface area contributed by atoms with Crippen LogP contribution in [-0.4, -0.2) is 24.0 Å². The van der Waals surface area contributed by atoms with Crippen LogP contribution in [0.5, 0.6) is 0 Å². The number of hydrogen-bond acceptors (Lipinski definition) is 4. The van der Waals surface area contributed by atoms with E-state index in [0.29, 0.717) is 15.5 Å². The molecule has 1 aromatic rings. The molecule has 20 heavy (non-hydrogen) atoms. The number of esters is 1. The van der Waals surface area contributed by atoms with Gasteiger partial charge in [-0.15, -0.1) is 0 Å². The van der Waals surface area contributed by atoms with E-state index in [-0.39, 0.29) is 6.04 Å². The van der Waals surface area contributed by atoms with Crippen molar-refractivity contribution in [1.82, 2.24) is 0 Å². The summed E-state index contributed by atoms with van der Waals surface area (Å²) in [7, 11) is 1.34. The van der Waals surface area contributed by atoms with E-state index in [1.807, 2.05) is 31.2 Å². The zero-order chi connectivity index (χ0) is 14.7. The second-order valence-electron chi connectivity index (χ2n) is 4.41. The number of halogens is 1. The molecule has 0 heterocycles. The Hall–Kier alpha value is -1.65. The Morgan fingerprint density at radius 2 is 2.20 bits per heavy atom. The molecule has 1 aliphatic carbocycles. The van der Waals surface area contributed by atoms with Crippen molar-refractivity contribution in [1.29, 1.82) is 0 Å². The molecule has 0 spiro atoms. The smallest absolute Gasteiger partial charge is 0.337 e. The quantitative estimate of drug-likeness (QED) is 0.685. The fourth-order valence-electron chi connectivity index (χ4n) is 1.88. The molecule has 104 valence electrons. The van der Waals surface area contributed by atoms with Gasteiger partial charge < -0.3 is 10.1 Å². The summed E-state index contributed by atoms with van der Waals surface area (Å²) in [5, 5.41) is 3.93. The minimum Gasteiger partial charge on any atom is -0.465 e. The van der Waals surface area contributed by atoms with E-state index in [2.05, 4.69) is 10.1 Å². The van der Waals surface area contributed by atoms with Crippen LogP contribution in [0.25, 0.3) is 0 Å². The lowest BCUT2D eigenvalue weighted by atomic mass is 10.0. The van der Waals surface area contributed by atoms with Crippen LogP contribution in [0.15, 0.2) is 42.0 Å². The summed E-state index contributed by atoms with van der Waals surface area (Å²) < 4.78 is 4.67. The van der Waals surface area contributed by atoms with Gasteiger partial charge in [-0.2, -0.15) is 0 Å². The maximum Gasteiger partial charge on any atom is 0.337 e. The molecule has 1 unspecified atom stereocenters. The predicted molar refractivity (Wildman–Crippen MR) is 85.4 cm³/mol. The Kier molecular flexibility index (Phi) is 4.57. The number of rotatable bonds is 3. The molecule has 3 nitrogen and oxygen atoms in total. The van der Waals surface area contributed by atoms with Crippen molar-refractivity contribution in [2.45, 2.75) is 13.0 Å². The van der Waals surface area contributed by atoms with E-state index < -0.39 is 5.97 Å². The maximum atomic E-state index is 11.4. The highest BCUT2D eigenvalue weighted by molar-refractivity contribution is 7.81. The van der Waals surface area contributed by atoms with Crippen molar-refractivity contribution in [3.63, 3.8) is 0 Å². The molecule has 0 aromatic heterocycles. The first kappa shape index (κ1) is 14.8. The summed E-state index contributed by atoms with van der Waals surface area (Å²) in [6.07, 6.45) is 5.17. The van der Waals surface area contributed by atoms with Gasteiger partial charge in [0.1, 0.15) is 0 Å². The van der Waals surface area contributed by atoms with Gasteiger partial charge >= 0.3 is 5.97 Å². The van der Waals surface area contributed by atoms with Crippen LogP contribution in [0.3, 0.4) is 0 Å². The SMILES string of the molecule is COC(=O)C1=CC(=S)C(Nc2cccc(C)c2Cl)C=C1. The predicted octanol–water partition coefficient (Wildman–Crippen LogP) is 3.47. The van der Waals surface area contributed by atoms with E-state index in [4.69, 9.17) is 23.8 Å². The molecule has 0 aliphatic heterocycles. The summed E-state index contributed by atoms with van der Waals surface area (Å²) in [4.78, 5) is 12.0. The van der Waals surface area contributed by atoms with Gasteiger partial charge in [-0.3, -0.25) is 0 Å². The van der Waals surface area contributed by atoms with Gasteiger partial charge in [0.15, 0.2) is 0 Å². The summed E-state index contributed by atoms with van der Waals surface area (Å²) >= 11 is 11.5. The topological polar surface area (TPSA) is 38.3 Å². The molecule has 0 amide bonds. The average Bonchev–Trinajstić information content (AvgIpc) is 2.45. The number of benzene rings is 1. The lowest BCUT2D eigenvalue weighted by molar-refractivity contribution is -0.135. The van der Waals surface area contributed by atoms with Crippen LogP contribution in [-0.2, 0) is 9.53 Å². The van der Waals surface area contributed by atoms with Crippen molar-refractivity contribution in [2.75, 3.05) is 12.4 Å². The van der Waals surface area contributed by atoms with Gasteiger partial charge in [0.05, 0.1) is 29.4 Å². The second-order valence-corrected chi connectivity index (χ2v) is 5.26. The number of anilines is 1. The molecular weight excluding hydrogens is 294 g/mol. The highest BCUT2D eigenvalue weighted by atomic mass is 35.5. The molecule has 0 saturated heterocycles. The molecule has 0 radical (unpaired) electrons. The second kappa shape index (κ2) is 6.20. The minimum absolute atomic E-state index is 0.169. The molecule has 1 aromatic carbocycles. The van der Waals surface area contributed by atoms with E-state index in [0.717, 1.165) is 11.3 Å². The Morgan fingerprint density at radius 3 is 2.85 bits per heavy atom. The van der Waals surface area contributed by atoms with Gasteiger partial charge in [-0.1, -0.05) is 42.0 Å². The zero-order valence-corrected chi connectivity index (χ0v) is 12.7. The Balaban J connectivity index is 2.16. The molecule has 0 saturated carbocycles. The Morgan fingerprint density at radius 1 is 1.45 bits per heavy atom. The number of carbonyl (C=O) groups is 1. The minimum atomic E-state index is -0.393. The summed E-state index contributed by atoms with van der Waals surface area (Å²) in [6.45, 7) is 1.94. The summed E-state index contributed by atoms with van der Waals surface area (Å²) in [5.41, 5.74) is 2.26. The summed E-state index contributed by atoms with van der Waals surface area (Å²) in [5.74, 6) is -0.393. The largest absolute Gasteiger partial charge is 0.465 e. The molecule has 1 atom stereocenters. The van der Waals surface area contributed by atoms with Crippen molar-refractivity contribution < 1.29 is 9.53 Å². The Labute approximate surface area is 128 Å². The van der Waals surface area contributed by atoms with Gasteiger partial charge in [0.2, 0.25) is 0 Å². The fraction of sp³-hybridized carbons (Fsp3) is 0.200. The number of methoxy groups -OCH3 is 1. The van der Waals surface area contributed by atoms with Crippen LogP contribution in [0.2, 0.25) is 5.02 Å². The average molecular weight is 308 g/mol. The standard InChI is InChI=1S/C15H14ClNO2S/c1-9-4-3-5-12(14(9)16)17-11-7-6-10(8-13(11)20)15(18)19-2/h3-8,11,17H,1-2H3. The number of hydrogen-bond donors (Lipinski definition) is 1. The van der Waals surface area contributed by atoms with Gasteiger partial charge in [0, 0.05) is 4.86 Å². The van der Waals surface area contributed by atoms with Crippen molar-refractivity contribution >= 4 is 40.3 Å². The highest BCUT2D eigenvalue weighted by Gasteiger charge is 2.19. The van der Waals surface area contributed by atoms with Gasteiger partial charge in [0.25, 0.3) is 0 Å². The monoisotopic (exact) mass is 307 g/mol. The van der Waals surface area contributed by atoms with Gasteiger partial charge in [-0.25, -0.2) is 4.79 Å². The first-order valence-corrected chi connectivity index (χ1v) is 6.85. The van der Waals surface area contributed by atoms with Crippen LogP contribution in [0.4, 0.5) is 5.69 Å². The highest BCUT2D eigenvalue weighted by Crippen LogP contribution is 2.26. The Bertz CT molecular complexity index is 622. The molecule has 0 fully saturated rings. The van der Waals surface area contributed by atoms with Crippen LogP contribution >= 0.6 is 23.8 Å². The fourth-order valence-corrected chi connectivity index (χ4v) is 2.32. The number of aryl methyl sites for hydroxylation is 1. The molecule has 0 bridgehead atoms.